The van der Waals surface area contributed by atoms with Crippen molar-refractivity contribution in [3.05, 3.63) is 23.9 Å². The molecule has 0 aromatic rings. The minimum Gasteiger partial charge on any atom is -0.296 e. The van der Waals surface area contributed by atoms with Crippen molar-refractivity contribution >= 4 is 12.5 Å². The zero-order valence-corrected chi connectivity index (χ0v) is 6.29. The van der Waals surface area contributed by atoms with Crippen LogP contribution in [0.3, 0.4) is 0 Å². The average Bonchev–Trinajstić information content (AvgIpc) is 1.99. The molecule has 0 radical (unpaired) electrons. The smallest absolute Gasteiger partial charge is 0.167 e. The molecule has 0 heterocycles. The summed E-state index contributed by atoms with van der Waals surface area (Å²) in [5.74, 6) is 0. The highest BCUT2D eigenvalue weighted by atomic mass is 16.1. The molecule has 0 rings (SSSR count). The number of hydrogen-bond acceptors (Lipinski definition) is 2. The number of aldehydes is 1. The van der Waals surface area contributed by atoms with Crippen molar-refractivity contribution in [2.75, 3.05) is 0 Å². The Bertz CT molecular complexity index is 185. The Kier molecular flexibility index (Phi) is 4.12. The van der Waals surface area contributed by atoms with Gasteiger partial charge in [-0.3, -0.25) is 9.79 Å². The summed E-state index contributed by atoms with van der Waals surface area (Å²) in [5, 5.41) is 0. The van der Waals surface area contributed by atoms with Crippen LogP contribution in [-0.4, -0.2) is 12.5 Å². The summed E-state index contributed by atoms with van der Waals surface area (Å²) in [7, 11) is 0. The van der Waals surface area contributed by atoms with Gasteiger partial charge in [0.05, 0.1) is 5.70 Å². The quantitative estimate of drug-likeness (QED) is 0.331. The fourth-order valence-corrected chi connectivity index (χ4v) is 0.290. The first-order valence-electron chi connectivity index (χ1n) is 3.01. The summed E-state index contributed by atoms with van der Waals surface area (Å²) in [6, 6.07) is 0. The molecular formula is C8H11NO. The Balaban J connectivity index is 4.00. The second-order valence-electron chi connectivity index (χ2n) is 1.90. The molecule has 0 saturated heterocycles. The fourth-order valence-electron chi connectivity index (χ4n) is 0.290. The lowest BCUT2D eigenvalue weighted by atomic mass is 10.3. The average molecular weight is 137 g/mol. The Morgan fingerprint density at radius 2 is 2.20 bits per heavy atom. The highest BCUT2D eigenvalue weighted by Gasteiger charge is 1.81. The van der Waals surface area contributed by atoms with E-state index >= 15 is 0 Å². The van der Waals surface area contributed by atoms with Gasteiger partial charge in [-0.05, 0) is 19.4 Å². The van der Waals surface area contributed by atoms with E-state index in [0.29, 0.717) is 6.29 Å². The molecule has 0 atom stereocenters. The first-order valence-corrected chi connectivity index (χ1v) is 3.01. The predicted molar refractivity (Wildman–Crippen MR) is 43.1 cm³/mol. The van der Waals surface area contributed by atoms with Gasteiger partial charge in [-0.2, -0.15) is 0 Å². The molecule has 0 aliphatic carbocycles. The van der Waals surface area contributed by atoms with Crippen LogP contribution in [0.15, 0.2) is 28.9 Å². The van der Waals surface area contributed by atoms with E-state index in [0.717, 1.165) is 5.57 Å². The number of aliphatic imine (C=N–C) groups is 1. The Hall–Kier alpha value is -1.18. The van der Waals surface area contributed by atoms with Crippen LogP contribution >= 0.6 is 0 Å². The van der Waals surface area contributed by atoms with Gasteiger partial charge in [0.25, 0.3) is 0 Å². The Morgan fingerprint density at radius 1 is 1.60 bits per heavy atom. The van der Waals surface area contributed by atoms with Crippen LogP contribution in [0, 0.1) is 0 Å². The van der Waals surface area contributed by atoms with E-state index in [9.17, 15) is 4.79 Å². The number of hydrogen-bond donors (Lipinski definition) is 0. The number of carbonyl (C=O) groups excluding carboxylic acids is 1. The molecule has 0 N–H and O–H groups in total. The van der Waals surface area contributed by atoms with E-state index in [1.165, 1.54) is 0 Å². The van der Waals surface area contributed by atoms with Gasteiger partial charge in [0.1, 0.15) is 0 Å². The summed E-state index contributed by atoms with van der Waals surface area (Å²) in [4.78, 5) is 13.7. The molecule has 0 saturated carbocycles. The van der Waals surface area contributed by atoms with Crippen LogP contribution in [-0.2, 0) is 4.79 Å². The first kappa shape index (κ1) is 8.82. The molecule has 54 valence electrons. The van der Waals surface area contributed by atoms with Gasteiger partial charge in [-0.25, -0.2) is 0 Å². The highest BCUT2D eigenvalue weighted by Crippen LogP contribution is 1.89. The van der Waals surface area contributed by atoms with Gasteiger partial charge in [0.15, 0.2) is 6.29 Å². The minimum atomic E-state index is 0.251. The van der Waals surface area contributed by atoms with Crippen LogP contribution in [0.25, 0.3) is 0 Å². The van der Waals surface area contributed by atoms with Gasteiger partial charge < -0.3 is 0 Å². The Morgan fingerprint density at radius 3 is 2.60 bits per heavy atom. The summed E-state index contributed by atoms with van der Waals surface area (Å²) >= 11 is 0. The van der Waals surface area contributed by atoms with Gasteiger partial charge in [-0.15, -0.1) is 0 Å². The molecule has 0 aliphatic heterocycles. The molecule has 0 spiro atoms. The van der Waals surface area contributed by atoms with Crippen molar-refractivity contribution in [3.8, 4) is 0 Å². The molecular weight excluding hydrogens is 126 g/mol. The monoisotopic (exact) mass is 137 g/mol. The molecule has 2 heteroatoms. The topological polar surface area (TPSA) is 29.4 Å². The van der Waals surface area contributed by atoms with E-state index < -0.39 is 0 Å². The van der Waals surface area contributed by atoms with E-state index in [4.69, 9.17) is 0 Å². The van der Waals surface area contributed by atoms with Crippen molar-refractivity contribution in [1.82, 2.24) is 0 Å². The molecule has 0 amide bonds. The highest BCUT2D eigenvalue weighted by molar-refractivity contribution is 5.83. The minimum absolute atomic E-state index is 0.251. The second-order valence-corrected chi connectivity index (χ2v) is 1.90. The standard InChI is InChI=1S/C8H11NO/c1-4-7(2)5-9-8(3)6-10/h4-6H,3H2,1-2H3/b7-4-,9-5?. The SMILES string of the molecule is C=C(C=O)N=C/C(C)=C\C. The fraction of sp³-hybridized carbons (Fsp3) is 0.250. The van der Waals surface area contributed by atoms with Crippen LogP contribution in [0.5, 0.6) is 0 Å². The summed E-state index contributed by atoms with van der Waals surface area (Å²) in [5.41, 5.74) is 1.27. The molecule has 0 aliphatic rings. The largest absolute Gasteiger partial charge is 0.296 e. The third kappa shape index (κ3) is 3.78. The third-order valence-electron chi connectivity index (χ3n) is 1.03. The molecule has 0 fully saturated rings. The second kappa shape index (κ2) is 4.68. The first-order chi connectivity index (χ1) is 4.70. The normalized spacial score (nSPS) is 12.0. The lowest BCUT2D eigenvalue weighted by molar-refractivity contribution is -0.104. The molecule has 10 heavy (non-hydrogen) atoms. The summed E-state index contributed by atoms with van der Waals surface area (Å²) in [6.07, 6.45) is 4.14. The molecule has 2 nitrogen and oxygen atoms in total. The van der Waals surface area contributed by atoms with Gasteiger partial charge in [-0.1, -0.05) is 12.7 Å². The maximum absolute atomic E-state index is 9.97. The lowest BCUT2D eigenvalue weighted by Crippen LogP contribution is -1.80. The van der Waals surface area contributed by atoms with E-state index in [-0.39, 0.29) is 5.70 Å². The number of carbonyl (C=O) groups is 1. The molecule has 0 bridgehead atoms. The van der Waals surface area contributed by atoms with Crippen molar-refractivity contribution in [3.63, 3.8) is 0 Å². The molecule has 0 unspecified atom stereocenters. The van der Waals surface area contributed by atoms with Crippen LogP contribution in [0.1, 0.15) is 13.8 Å². The van der Waals surface area contributed by atoms with Crippen molar-refractivity contribution in [2.45, 2.75) is 13.8 Å². The molecule has 0 aromatic carbocycles. The lowest BCUT2D eigenvalue weighted by Gasteiger charge is -1.86. The van der Waals surface area contributed by atoms with E-state index in [1.807, 2.05) is 19.9 Å². The van der Waals surface area contributed by atoms with Gasteiger partial charge in [0.2, 0.25) is 0 Å². The summed E-state index contributed by atoms with van der Waals surface area (Å²) in [6.45, 7) is 7.20. The van der Waals surface area contributed by atoms with Crippen LogP contribution in [0.2, 0.25) is 0 Å². The van der Waals surface area contributed by atoms with Crippen molar-refractivity contribution < 1.29 is 4.79 Å². The number of nitrogens with zero attached hydrogens (tertiary/aromatic N) is 1. The van der Waals surface area contributed by atoms with Crippen LogP contribution < -0.4 is 0 Å². The maximum Gasteiger partial charge on any atom is 0.167 e. The summed E-state index contributed by atoms with van der Waals surface area (Å²) < 4.78 is 0. The van der Waals surface area contributed by atoms with E-state index in [1.54, 1.807) is 6.21 Å². The van der Waals surface area contributed by atoms with E-state index in [2.05, 4.69) is 11.6 Å². The maximum atomic E-state index is 9.97. The zero-order chi connectivity index (χ0) is 7.98. The molecule has 0 aromatic heterocycles. The van der Waals surface area contributed by atoms with Crippen LogP contribution in [0.4, 0.5) is 0 Å². The van der Waals surface area contributed by atoms with Crippen molar-refractivity contribution in [2.24, 2.45) is 4.99 Å². The Labute approximate surface area is 61.0 Å². The van der Waals surface area contributed by atoms with Crippen molar-refractivity contribution in [1.29, 1.82) is 0 Å². The van der Waals surface area contributed by atoms with Gasteiger partial charge >= 0.3 is 0 Å². The third-order valence-corrected chi connectivity index (χ3v) is 1.03. The zero-order valence-electron chi connectivity index (χ0n) is 6.29. The number of allylic oxidation sites excluding steroid dienone is 3. The number of rotatable bonds is 3. The predicted octanol–water partition coefficient (Wildman–Crippen LogP) is 1.74. The van der Waals surface area contributed by atoms with Gasteiger partial charge in [0, 0.05) is 6.21 Å².